The van der Waals surface area contributed by atoms with Gasteiger partial charge in [-0.3, -0.25) is 14.5 Å². The Morgan fingerprint density at radius 2 is 2.00 bits per heavy atom. The van der Waals surface area contributed by atoms with Crippen LogP contribution in [-0.2, 0) is 9.59 Å². The number of nitrogens with one attached hydrogen (secondary N) is 2. The second-order valence-corrected chi connectivity index (χ2v) is 7.61. The molecule has 2 heterocycles. The summed E-state index contributed by atoms with van der Waals surface area (Å²) in [6, 6.07) is 3.60. The Bertz CT molecular complexity index is 892. The summed E-state index contributed by atoms with van der Waals surface area (Å²) in [5.74, 6) is -1.27. The fraction of sp³-hybridized carbons (Fsp3) is 0.444. The largest absolute Gasteiger partial charge is 0.325 e. The van der Waals surface area contributed by atoms with Gasteiger partial charge in [-0.1, -0.05) is 38.0 Å². The smallest absolute Gasteiger partial charge is 0.323 e. The molecule has 1 aliphatic rings. The highest BCUT2D eigenvalue weighted by molar-refractivity contribution is 7.22. The van der Waals surface area contributed by atoms with Gasteiger partial charge in [0.2, 0.25) is 5.91 Å². The molecular formula is C18H21FN4O3S. The second kappa shape index (κ2) is 7.59. The average molecular weight is 392 g/mol. The summed E-state index contributed by atoms with van der Waals surface area (Å²) >= 11 is 1.13. The van der Waals surface area contributed by atoms with Gasteiger partial charge >= 0.3 is 6.03 Å². The molecule has 0 unspecified atom stereocenters. The van der Waals surface area contributed by atoms with E-state index < -0.39 is 17.5 Å². The molecule has 1 aromatic carbocycles. The number of rotatable bonds is 7. The van der Waals surface area contributed by atoms with Crippen molar-refractivity contribution in [3.8, 4) is 0 Å². The van der Waals surface area contributed by atoms with Crippen molar-refractivity contribution in [2.75, 3.05) is 11.9 Å². The number of benzene rings is 1. The van der Waals surface area contributed by atoms with Gasteiger partial charge in [-0.15, -0.1) is 0 Å². The number of imide groups is 1. The third-order valence-electron chi connectivity index (χ3n) is 4.50. The van der Waals surface area contributed by atoms with Crippen LogP contribution in [0.2, 0.25) is 0 Å². The average Bonchev–Trinajstić information content (AvgIpc) is 3.09. The molecule has 0 radical (unpaired) electrons. The Morgan fingerprint density at radius 3 is 2.67 bits per heavy atom. The monoisotopic (exact) mass is 392 g/mol. The number of thiazole rings is 1. The molecule has 2 aromatic rings. The summed E-state index contributed by atoms with van der Waals surface area (Å²) in [5.41, 5.74) is -0.356. The molecule has 0 spiro atoms. The van der Waals surface area contributed by atoms with Gasteiger partial charge in [-0.05, 0) is 31.0 Å². The van der Waals surface area contributed by atoms with E-state index in [1.54, 1.807) is 0 Å². The summed E-state index contributed by atoms with van der Waals surface area (Å²) in [7, 11) is 0. The van der Waals surface area contributed by atoms with E-state index in [1.165, 1.54) is 18.2 Å². The van der Waals surface area contributed by atoms with Crippen LogP contribution in [0.1, 0.15) is 39.5 Å². The van der Waals surface area contributed by atoms with Crippen LogP contribution in [0.3, 0.4) is 0 Å². The molecule has 144 valence electrons. The van der Waals surface area contributed by atoms with Crippen molar-refractivity contribution in [2.45, 2.75) is 45.1 Å². The molecule has 1 aromatic heterocycles. The minimum atomic E-state index is -0.922. The number of urea groups is 1. The number of hydrogen-bond donors (Lipinski definition) is 2. The zero-order valence-corrected chi connectivity index (χ0v) is 16.0. The molecule has 3 rings (SSSR count). The van der Waals surface area contributed by atoms with Crippen LogP contribution in [0.25, 0.3) is 10.2 Å². The van der Waals surface area contributed by atoms with Crippen molar-refractivity contribution in [1.29, 1.82) is 0 Å². The quantitative estimate of drug-likeness (QED) is 0.708. The van der Waals surface area contributed by atoms with Crippen molar-refractivity contribution in [3.63, 3.8) is 0 Å². The van der Waals surface area contributed by atoms with Gasteiger partial charge in [0.05, 0.1) is 10.2 Å². The molecule has 1 fully saturated rings. The van der Waals surface area contributed by atoms with Crippen molar-refractivity contribution < 1.29 is 18.8 Å². The third-order valence-corrected chi connectivity index (χ3v) is 5.43. The number of halogens is 1. The van der Waals surface area contributed by atoms with Crippen LogP contribution >= 0.6 is 11.3 Å². The predicted molar refractivity (Wildman–Crippen MR) is 101 cm³/mol. The van der Waals surface area contributed by atoms with Crippen LogP contribution in [0, 0.1) is 5.82 Å². The number of aromatic nitrogens is 1. The molecule has 0 atom stereocenters. The molecule has 1 aliphatic heterocycles. The lowest BCUT2D eigenvalue weighted by Gasteiger charge is -2.25. The highest BCUT2D eigenvalue weighted by atomic mass is 32.1. The SMILES string of the molecule is CCCC1(CCC)NC(=O)N(CC(=O)Nc2nc3ccc(F)cc3s2)C1=O. The van der Waals surface area contributed by atoms with E-state index in [0.29, 0.717) is 28.2 Å². The van der Waals surface area contributed by atoms with E-state index in [-0.39, 0.29) is 18.3 Å². The van der Waals surface area contributed by atoms with Crippen LogP contribution < -0.4 is 10.6 Å². The number of carbonyl (C=O) groups is 3. The van der Waals surface area contributed by atoms with Gasteiger partial charge in [-0.25, -0.2) is 14.2 Å². The maximum absolute atomic E-state index is 13.3. The molecule has 9 heteroatoms. The number of nitrogens with zero attached hydrogens (tertiary/aromatic N) is 2. The van der Waals surface area contributed by atoms with E-state index in [0.717, 1.165) is 29.1 Å². The minimum absolute atomic E-state index is 0.293. The van der Waals surface area contributed by atoms with Crippen LogP contribution in [0.4, 0.5) is 14.3 Å². The van der Waals surface area contributed by atoms with Crippen LogP contribution in [0.5, 0.6) is 0 Å². The fourth-order valence-electron chi connectivity index (χ4n) is 3.39. The summed E-state index contributed by atoms with van der Waals surface area (Å²) in [6.45, 7) is 3.51. The van der Waals surface area contributed by atoms with Crippen LogP contribution in [0.15, 0.2) is 18.2 Å². The first-order valence-electron chi connectivity index (χ1n) is 8.88. The van der Waals surface area contributed by atoms with E-state index in [2.05, 4.69) is 15.6 Å². The number of carbonyl (C=O) groups excluding carboxylic acids is 3. The topological polar surface area (TPSA) is 91.4 Å². The van der Waals surface area contributed by atoms with Gasteiger partial charge < -0.3 is 10.6 Å². The van der Waals surface area contributed by atoms with Gasteiger partial charge in [-0.2, -0.15) is 0 Å². The molecule has 4 amide bonds. The fourth-order valence-corrected chi connectivity index (χ4v) is 4.30. The Morgan fingerprint density at radius 1 is 1.30 bits per heavy atom. The van der Waals surface area contributed by atoms with Crippen molar-refractivity contribution in [3.05, 3.63) is 24.0 Å². The first-order chi connectivity index (χ1) is 12.9. The lowest BCUT2D eigenvalue weighted by atomic mass is 9.88. The lowest BCUT2D eigenvalue weighted by Crippen LogP contribution is -2.47. The maximum Gasteiger partial charge on any atom is 0.325 e. The van der Waals surface area contributed by atoms with Gasteiger partial charge in [0.25, 0.3) is 5.91 Å². The Kier molecular flexibility index (Phi) is 5.41. The number of hydrogen-bond acceptors (Lipinski definition) is 5. The predicted octanol–water partition coefficient (Wildman–Crippen LogP) is 3.26. The zero-order chi connectivity index (χ0) is 19.6. The van der Waals surface area contributed by atoms with Gasteiger partial charge in [0.1, 0.15) is 17.9 Å². The molecule has 0 aliphatic carbocycles. The number of amides is 4. The minimum Gasteiger partial charge on any atom is -0.323 e. The summed E-state index contributed by atoms with van der Waals surface area (Å²) < 4.78 is 13.9. The Hall–Kier alpha value is -2.55. The molecule has 1 saturated heterocycles. The normalized spacial score (nSPS) is 16.0. The zero-order valence-electron chi connectivity index (χ0n) is 15.2. The standard InChI is InChI=1S/C18H21FN4O3S/c1-3-7-18(8-4-2)15(25)23(17(26)22-18)10-14(24)21-16-20-12-6-5-11(19)9-13(12)27-16/h5-6,9H,3-4,7-8,10H2,1-2H3,(H,22,26)(H,20,21,24). The molecule has 0 saturated carbocycles. The summed E-state index contributed by atoms with van der Waals surface area (Å²) in [5, 5.41) is 5.64. The highest BCUT2D eigenvalue weighted by Gasteiger charge is 2.50. The van der Waals surface area contributed by atoms with Crippen molar-refractivity contribution in [1.82, 2.24) is 15.2 Å². The number of anilines is 1. The van der Waals surface area contributed by atoms with E-state index in [4.69, 9.17) is 0 Å². The summed E-state index contributed by atoms with van der Waals surface area (Å²) in [6.07, 6.45) is 2.56. The Labute approximate surface area is 159 Å². The molecule has 27 heavy (non-hydrogen) atoms. The molecule has 0 bridgehead atoms. The van der Waals surface area contributed by atoms with Gasteiger partial charge in [0.15, 0.2) is 5.13 Å². The van der Waals surface area contributed by atoms with Crippen molar-refractivity contribution >= 4 is 44.5 Å². The van der Waals surface area contributed by atoms with Gasteiger partial charge in [0, 0.05) is 0 Å². The van der Waals surface area contributed by atoms with E-state index >= 15 is 0 Å². The first kappa shape index (κ1) is 19.2. The highest BCUT2D eigenvalue weighted by Crippen LogP contribution is 2.29. The maximum atomic E-state index is 13.3. The molecular weight excluding hydrogens is 371 g/mol. The second-order valence-electron chi connectivity index (χ2n) is 6.58. The number of fused-ring (bicyclic) bond motifs is 1. The third kappa shape index (κ3) is 3.78. The molecule has 2 N–H and O–H groups in total. The molecule has 7 nitrogen and oxygen atoms in total. The Balaban J connectivity index is 1.71. The first-order valence-corrected chi connectivity index (χ1v) is 9.70. The lowest BCUT2D eigenvalue weighted by molar-refractivity contribution is -0.134. The van der Waals surface area contributed by atoms with Crippen molar-refractivity contribution in [2.24, 2.45) is 0 Å². The van der Waals surface area contributed by atoms with E-state index in [9.17, 15) is 18.8 Å². The van der Waals surface area contributed by atoms with Crippen LogP contribution in [-0.4, -0.2) is 39.8 Å². The summed E-state index contributed by atoms with van der Waals surface area (Å²) in [4.78, 5) is 42.6. The van der Waals surface area contributed by atoms with E-state index in [1.807, 2.05) is 13.8 Å².